The smallest absolute Gasteiger partial charge is 0.234 e. The third kappa shape index (κ3) is 7.32. The second-order valence-electron chi connectivity index (χ2n) is 9.45. The van der Waals surface area contributed by atoms with E-state index in [0.29, 0.717) is 6.54 Å². The number of aromatic nitrogens is 2. The highest BCUT2D eigenvalue weighted by Gasteiger charge is 2.19. The van der Waals surface area contributed by atoms with Crippen LogP contribution < -0.4 is 10.4 Å². The zero-order valence-corrected chi connectivity index (χ0v) is 19.2. The van der Waals surface area contributed by atoms with Gasteiger partial charge in [-0.3, -0.25) is 4.90 Å². The first-order valence-corrected chi connectivity index (χ1v) is 11.0. The Morgan fingerprint density at radius 1 is 1.19 bits per heavy atom. The average molecular weight is 433 g/mol. The number of nitrogens with zero attached hydrogens (tertiary/aromatic N) is 5. The fourth-order valence-electron chi connectivity index (χ4n) is 3.76. The second kappa shape index (κ2) is 11.1. The summed E-state index contributed by atoms with van der Waals surface area (Å²) >= 11 is 0. The van der Waals surface area contributed by atoms with Crippen LogP contribution in [-0.4, -0.2) is 52.3 Å². The molecule has 7 heteroatoms. The Labute approximate surface area is 191 Å². The molecule has 1 aliphatic heterocycles. The average Bonchev–Trinajstić information content (AvgIpc) is 2.79. The van der Waals surface area contributed by atoms with Gasteiger partial charge in [0.05, 0.1) is 6.54 Å². The highest BCUT2D eigenvalue weighted by Crippen LogP contribution is 2.22. The van der Waals surface area contributed by atoms with Gasteiger partial charge in [0.15, 0.2) is 0 Å². The first-order valence-electron chi connectivity index (χ1n) is 11.0. The molecule has 1 saturated heterocycles. The van der Waals surface area contributed by atoms with Crippen LogP contribution in [0, 0.1) is 28.6 Å². The highest BCUT2D eigenvalue weighted by molar-refractivity contribution is 5.42. The van der Waals surface area contributed by atoms with E-state index in [2.05, 4.69) is 82.1 Å². The van der Waals surface area contributed by atoms with Crippen molar-refractivity contribution in [2.75, 3.05) is 31.1 Å². The van der Waals surface area contributed by atoms with Crippen molar-refractivity contribution >= 4 is 5.82 Å². The predicted octanol–water partition coefficient (Wildman–Crippen LogP) is 3.20. The summed E-state index contributed by atoms with van der Waals surface area (Å²) in [7, 11) is 0. The van der Waals surface area contributed by atoms with Gasteiger partial charge in [0, 0.05) is 44.0 Å². The normalized spacial score (nSPS) is 15.0. The van der Waals surface area contributed by atoms with Crippen LogP contribution in [0.4, 0.5) is 5.82 Å². The Hall–Kier alpha value is -2.97. The van der Waals surface area contributed by atoms with Crippen LogP contribution in [0.25, 0.3) is 0 Å². The molecule has 0 bridgehead atoms. The van der Waals surface area contributed by atoms with Crippen LogP contribution in [0.2, 0.25) is 0 Å². The van der Waals surface area contributed by atoms with Gasteiger partial charge in [-0.2, -0.15) is 5.26 Å². The topological polar surface area (TPSA) is 88.3 Å². The molecule has 0 radical (unpaired) electrons. The van der Waals surface area contributed by atoms with Crippen LogP contribution in [0.15, 0.2) is 36.5 Å². The number of nitriles is 1. The molecule has 7 nitrogen and oxygen atoms in total. The van der Waals surface area contributed by atoms with Crippen molar-refractivity contribution in [1.82, 2.24) is 20.3 Å². The predicted molar refractivity (Wildman–Crippen MR) is 125 cm³/mol. The molecule has 1 aromatic heterocycles. The zero-order valence-electron chi connectivity index (χ0n) is 19.2. The van der Waals surface area contributed by atoms with E-state index in [1.165, 1.54) is 0 Å². The molecule has 1 fully saturated rings. The quantitative estimate of drug-likeness (QED) is 0.535. The van der Waals surface area contributed by atoms with E-state index in [9.17, 15) is 0 Å². The summed E-state index contributed by atoms with van der Waals surface area (Å²) in [6.45, 7) is 10.7. The molecule has 1 aliphatic rings. The lowest BCUT2D eigenvalue weighted by molar-refractivity contribution is 0.0865. The summed E-state index contributed by atoms with van der Waals surface area (Å²) in [6, 6.07) is 12.4. The SMILES string of the molecule is CC(C)(C)CN(Cc1ccc(C#CCN2CCC(NO)CC2)cc1)c1ccnc(C#N)n1. The first kappa shape index (κ1) is 23.7. The van der Waals surface area contributed by atoms with Crippen molar-refractivity contribution < 1.29 is 5.21 Å². The Morgan fingerprint density at radius 3 is 2.53 bits per heavy atom. The van der Waals surface area contributed by atoms with Crippen molar-refractivity contribution in [2.45, 2.75) is 46.2 Å². The maximum Gasteiger partial charge on any atom is 0.234 e. The number of hydroxylamine groups is 1. The lowest BCUT2D eigenvalue weighted by Crippen LogP contribution is -2.41. The van der Waals surface area contributed by atoms with Gasteiger partial charge in [0.25, 0.3) is 0 Å². The maximum atomic E-state index is 9.15. The minimum atomic E-state index is 0.0743. The number of anilines is 1. The minimum Gasteiger partial charge on any atom is -0.352 e. The first-order chi connectivity index (χ1) is 15.4. The van der Waals surface area contributed by atoms with Gasteiger partial charge in [0.2, 0.25) is 5.82 Å². The molecule has 168 valence electrons. The van der Waals surface area contributed by atoms with E-state index in [4.69, 9.17) is 10.5 Å². The zero-order chi connectivity index (χ0) is 23.0. The van der Waals surface area contributed by atoms with Crippen molar-refractivity contribution in [3.63, 3.8) is 0 Å². The number of rotatable bonds is 6. The van der Waals surface area contributed by atoms with Gasteiger partial charge in [-0.1, -0.05) is 44.7 Å². The standard InChI is InChI=1S/C25H32N6O/c1-25(2,3)19-31(24-10-13-27-23(17-26)28-24)18-21-8-6-20(7-9-21)5-4-14-30-15-11-22(29-32)12-16-30/h6-10,13,22,29,32H,11-12,14-16,18-19H2,1-3H3. The summed E-state index contributed by atoms with van der Waals surface area (Å²) < 4.78 is 0. The molecular weight excluding hydrogens is 400 g/mol. The third-order valence-corrected chi connectivity index (χ3v) is 5.36. The molecule has 2 N–H and O–H groups in total. The van der Waals surface area contributed by atoms with E-state index < -0.39 is 0 Å². The molecule has 2 aromatic rings. The van der Waals surface area contributed by atoms with Gasteiger partial charge >= 0.3 is 0 Å². The lowest BCUT2D eigenvalue weighted by atomic mass is 9.95. The molecule has 32 heavy (non-hydrogen) atoms. The molecule has 0 unspecified atom stereocenters. The summed E-state index contributed by atoms with van der Waals surface area (Å²) in [5.74, 6) is 7.47. The molecule has 0 atom stereocenters. The van der Waals surface area contributed by atoms with Crippen LogP contribution in [-0.2, 0) is 6.54 Å². The maximum absolute atomic E-state index is 9.15. The van der Waals surface area contributed by atoms with Crippen LogP contribution >= 0.6 is 0 Å². The minimum absolute atomic E-state index is 0.0743. The van der Waals surface area contributed by atoms with E-state index in [0.717, 1.165) is 56.0 Å². The van der Waals surface area contributed by atoms with Crippen molar-refractivity contribution in [1.29, 1.82) is 5.26 Å². The van der Waals surface area contributed by atoms with E-state index in [1.807, 2.05) is 12.1 Å². The van der Waals surface area contributed by atoms with Gasteiger partial charge < -0.3 is 10.1 Å². The third-order valence-electron chi connectivity index (χ3n) is 5.36. The Bertz CT molecular complexity index is 972. The molecule has 3 rings (SSSR count). The monoisotopic (exact) mass is 432 g/mol. The van der Waals surface area contributed by atoms with Gasteiger partial charge in [-0.25, -0.2) is 15.4 Å². The Morgan fingerprint density at radius 2 is 1.91 bits per heavy atom. The molecule has 0 aliphatic carbocycles. The molecular formula is C25H32N6O. The van der Waals surface area contributed by atoms with Gasteiger partial charge in [-0.15, -0.1) is 0 Å². The highest BCUT2D eigenvalue weighted by atomic mass is 16.5. The molecule has 0 spiro atoms. The van der Waals surface area contributed by atoms with Crippen molar-refractivity contribution in [2.24, 2.45) is 5.41 Å². The number of nitrogens with one attached hydrogen (secondary N) is 1. The summed E-state index contributed by atoms with van der Waals surface area (Å²) in [5, 5.41) is 18.2. The summed E-state index contributed by atoms with van der Waals surface area (Å²) in [5.41, 5.74) is 4.60. The fraction of sp³-hybridized carbons (Fsp3) is 0.480. The fourth-order valence-corrected chi connectivity index (χ4v) is 3.76. The Balaban J connectivity index is 1.63. The Kier molecular flexibility index (Phi) is 8.19. The van der Waals surface area contributed by atoms with E-state index in [-0.39, 0.29) is 17.3 Å². The number of benzene rings is 1. The van der Waals surface area contributed by atoms with Gasteiger partial charge in [-0.05, 0) is 42.0 Å². The number of hydrogen-bond donors (Lipinski definition) is 2. The number of piperidine rings is 1. The summed E-state index contributed by atoms with van der Waals surface area (Å²) in [6.07, 6.45) is 3.53. The van der Waals surface area contributed by atoms with Crippen LogP contribution in [0.3, 0.4) is 0 Å². The molecule has 2 heterocycles. The van der Waals surface area contributed by atoms with Crippen LogP contribution in [0.5, 0.6) is 0 Å². The molecule has 0 amide bonds. The lowest BCUT2D eigenvalue weighted by Gasteiger charge is -2.31. The summed E-state index contributed by atoms with van der Waals surface area (Å²) in [4.78, 5) is 12.9. The van der Waals surface area contributed by atoms with Crippen LogP contribution in [0.1, 0.15) is 50.6 Å². The molecule has 1 aromatic carbocycles. The van der Waals surface area contributed by atoms with Crippen molar-refractivity contribution in [3.8, 4) is 17.9 Å². The molecule has 0 saturated carbocycles. The number of likely N-dealkylation sites (tertiary alicyclic amines) is 1. The van der Waals surface area contributed by atoms with E-state index in [1.54, 1.807) is 6.20 Å². The largest absolute Gasteiger partial charge is 0.352 e. The van der Waals surface area contributed by atoms with Gasteiger partial charge in [0.1, 0.15) is 11.9 Å². The number of hydrogen-bond acceptors (Lipinski definition) is 7. The second-order valence-corrected chi connectivity index (χ2v) is 9.45. The van der Waals surface area contributed by atoms with E-state index >= 15 is 0 Å². The van der Waals surface area contributed by atoms with Crippen molar-refractivity contribution in [3.05, 3.63) is 53.5 Å².